The zero-order valence-electron chi connectivity index (χ0n) is 12.9. The number of primary amides is 1. The van der Waals surface area contributed by atoms with E-state index in [4.69, 9.17) is 5.73 Å². The molecule has 8 heteroatoms. The van der Waals surface area contributed by atoms with E-state index in [0.717, 1.165) is 32.5 Å². The van der Waals surface area contributed by atoms with Crippen molar-refractivity contribution in [1.82, 2.24) is 10.3 Å². The van der Waals surface area contributed by atoms with E-state index >= 15 is 0 Å². The van der Waals surface area contributed by atoms with E-state index in [-0.39, 0.29) is 11.3 Å². The number of carbonyl (C=O) groups is 1. The molecule has 0 aliphatic carbocycles. The van der Waals surface area contributed by atoms with Crippen molar-refractivity contribution in [3.8, 4) is 0 Å². The molecule has 1 unspecified atom stereocenters. The molecule has 124 valence electrons. The summed E-state index contributed by atoms with van der Waals surface area (Å²) in [4.78, 5) is 28.1. The molecule has 8 nitrogen and oxygen atoms in total. The first kappa shape index (κ1) is 15.7. The Balaban J connectivity index is 1.74. The molecule has 0 saturated carbocycles. The maximum Gasteiger partial charge on any atom is 0.288 e. The predicted molar refractivity (Wildman–Crippen MR) is 85.4 cm³/mol. The molecule has 3 N–H and O–H groups in total. The van der Waals surface area contributed by atoms with Crippen LogP contribution in [0, 0.1) is 16.0 Å². The summed E-state index contributed by atoms with van der Waals surface area (Å²) in [6, 6.07) is 1.81. The first-order valence-corrected chi connectivity index (χ1v) is 7.99. The van der Waals surface area contributed by atoms with E-state index < -0.39 is 10.8 Å². The van der Waals surface area contributed by atoms with Crippen LogP contribution in [-0.2, 0) is 0 Å². The van der Waals surface area contributed by atoms with Crippen molar-refractivity contribution in [2.24, 2.45) is 11.7 Å². The second-order valence-electron chi connectivity index (χ2n) is 6.21. The molecule has 1 atom stereocenters. The lowest BCUT2D eigenvalue weighted by atomic mass is 9.88. The van der Waals surface area contributed by atoms with Crippen molar-refractivity contribution in [3.63, 3.8) is 0 Å². The SMILES string of the molecule is NC(=O)c1cc([N+](=O)[O-])cnc1N1CCC(C2CCCN2)CC1. The van der Waals surface area contributed by atoms with Gasteiger partial charge in [0.1, 0.15) is 12.0 Å². The number of anilines is 1. The summed E-state index contributed by atoms with van der Waals surface area (Å²) in [5.41, 5.74) is 5.29. The second kappa shape index (κ2) is 6.49. The van der Waals surface area contributed by atoms with Crippen LogP contribution in [0.1, 0.15) is 36.0 Å². The normalized spacial score (nSPS) is 22.3. The number of pyridine rings is 1. The van der Waals surface area contributed by atoms with Gasteiger partial charge in [-0.15, -0.1) is 0 Å². The van der Waals surface area contributed by atoms with Crippen molar-refractivity contribution in [1.29, 1.82) is 0 Å². The van der Waals surface area contributed by atoms with Gasteiger partial charge in [0.15, 0.2) is 0 Å². The molecule has 1 aromatic heterocycles. The van der Waals surface area contributed by atoms with Crippen LogP contribution in [0.15, 0.2) is 12.3 Å². The highest BCUT2D eigenvalue weighted by molar-refractivity contribution is 5.98. The fraction of sp³-hybridized carbons (Fsp3) is 0.600. The van der Waals surface area contributed by atoms with E-state index in [1.54, 1.807) is 0 Å². The fourth-order valence-electron chi connectivity index (χ4n) is 3.61. The molecule has 2 aliphatic rings. The molecular weight excluding hydrogens is 298 g/mol. The maximum atomic E-state index is 11.6. The minimum absolute atomic E-state index is 0.122. The summed E-state index contributed by atoms with van der Waals surface area (Å²) in [5.74, 6) is 0.417. The zero-order chi connectivity index (χ0) is 16.4. The molecule has 1 aromatic rings. The first-order chi connectivity index (χ1) is 11.1. The standard InChI is InChI=1S/C15H21N5O3/c16-14(21)12-8-11(20(22)23)9-18-15(12)19-6-3-10(4-7-19)13-2-1-5-17-13/h8-10,13,17H,1-7H2,(H2,16,21). The van der Waals surface area contributed by atoms with E-state index in [2.05, 4.69) is 10.3 Å². The lowest BCUT2D eigenvalue weighted by Crippen LogP contribution is -2.41. The number of hydrogen-bond donors (Lipinski definition) is 2. The summed E-state index contributed by atoms with van der Waals surface area (Å²) in [6.07, 6.45) is 5.70. The van der Waals surface area contributed by atoms with Crippen LogP contribution < -0.4 is 16.0 Å². The van der Waals surface area contributed by atoms with Gasteiger partial charge >= 0.3 is 0 Å². The Bertz CT molecular complexity index is 607. The number of amides is 1. The highest BCUT2D eigenvalue weighted by Gasteiger charge is 2.30. The third kappa shape index (κ3) is 3.26. The van der Waals surface area contributed by atoms with Crippen LogP contribution in [0.2, 0.25) is 0 Å². The van der Waals surface area contributed by atoms with E-state index in [0.29, 0.717) is 17.8 Å². The van der Waals surface area contributed by atoms with Crippen molar-refractivity contribution in [2.45, 2.75) is 31.7 Å². The van der Waals surface area contributed by atoms with Crippen LogP contribution in [0.5, 0.6) is 0 Å². The third-order valence-electron chi connectivity index (χ3n) is 4.84. The number of nitrogens with zero attached hydrogens (tertiary/aromatic N) is 3. The number of nitro groups is 1. The largest absolute Gasteiger partial charge is 0.365 e. The summed E-state index contributed by atoms with van der Waals surface area (Å²) in [5, 5.41) is 14.4. The molecule has 3 rings (SSSR count). The van der Waals surface area contributed by atoms with E-state index in [9.17, 15) is 14.9 Å². The highest BCUT2D eigenvalue weighted by Crippen LogP contribution is 2.30. The lowest BCUT2D eigenvalue weighted by molar-refractivity contribution is -0.385. The van der Waals surface area contributed by atoms with E-state index in [1.165, 1.54) is 25.1 Å². The molecule has 0 spiro atoms. The van der Waals surface area contributed by atoms with Crippen LogP contribution >= 0.6 is 0 Å². The first-order valence-electron chi connectivity index (χ1n) is 7.99. The van der Waals surface area contributed by atoms with Gasteiger partial charge in [0.05, 0.1) is 10.5 Å². The van der Waals surface area contributed by atoms with Gasteiger partial charge in [-0.25, -0.2) is 4.98 Å². The quantitative estimate of drug-likeness (QED) is 0.633. The number of aromatic nitrogens is 1. The number of nitrogens with two attached hydrogens (primary N) is 1. The Morgan fingerprint density at radius 2 is 2.13 bits per heavy atom. The maximum absolute atomic E-state index is 11.6. The van der Waals surface area contributed by atoms with E-state index in [1.807, 2.05) is 4.90 Å². The van der Waals surface area contributed by atoms with Gasteiger partial charge in [-0.3, -0.25) is 14.9 Å². The Hall–Kier alpha value is -2.22. The number of carbonyl (C=O) groups excluding carboxylic acids is 1. The molecule has 0 aromatic carbocycles. The summed E-state index contributed by atoms with van der Waals surface area (Å²) < 4.78 is 0. The van der Waals surface area contributed by atoms with Gasteiger partial charge < -0.3 is 16.0 Å². The Morgan fingerprint density at radius 1 is 1.39 bits per heavy atom. The lowest BCUT2D eigenvalue weighted by Gasteiger charge is -2.36. The van der Waals surface area contributed by atoms with Gasteiger partial charge in [-0.2, -0.15) is 0 Å². The summed E-state index contributed by atoms with van der Waals surface area (Å²) in [7, 11) is 0. The minimum Gasteiger partial charge on any atom is -0.365 e. The van der Waals surface area contributed by atoms with Crippen molar-refractivity contribution in [2.75, 3.05) is 24.5 Å². The number of nitrogens with one attached hydrogen (secondary N) is 1. The molecule has 2 fully saturated rings. The van der Waals surface area contributed by atoms with Gasteiger partial charge in [0, 0.05) is 25.2 Å². The molecule has 2 aliphatic heterocycles. The van der Waals surface area contributed by atoms with Crippen molar-refractivity contribution in [3.05, 3.63) is 27.9 Å². The molecule has 3 heterocycles. The monoisotopic (exact) mass is 319 g/mol. The number of rotatable bonds is 4. The van der Waals surface area contributed by atoms with Crippen molar-refractivity contribution >= 4 is 17.4 Å². The minimum atomic E-state index is -0.684. The molecular formula is C15H21N5O3. The fourth-order valence-corrected chi connectivity index (χ4v) is 3.61. The van der Waals surface area contributed by atoms with Crippen LogP contribution in [0.25, 0.3) is 0 Å². The molecule has 0 bridgehead atoms. The topological polar surface area (TPSA) is 114 Å². The van der Waals surface area contributed by atoms with Gasteiger partial charge in [0.25, 0.3) is 11.6 Å². The molecule has 1 amide bonds. The molecule has 23 heavy (non-hydrogen) atoms. The third-order valence-corrected chi connectivity index (χ3v) is 4.84. The Labute approximate surface area is 134 Å². The van der Waals surface area contributed by atoms with Gasteiger partial charge in [-0.1, -0.05) is 0 Å². The Morgan fingerprint density at radius 3 is 2.70 bits per heavy atom. The molecule has 0 radical (unpaired) electrons. The average molecular weight is 319 g/mol. The summed E-state index contributed by atoms with van der Waals surface area (Å²) in [6.45, 7) is 2.67. The smallest absolute Gasteiger partial charge is 0.288 e. The van der Waals surface area contributed by atoms with Gasteiger partial charge in [-0.05, 0) is 38.1 Å². The highest BCUT2D eigenvalue weighted by atomic mass is 16.6. The van der Waals surface area contributed by atoms with Gasteiger partial charge in [0.2, 0.25) is 0 Å². The molecule has 2 saturated heterocycles. The zero-order valence-corrected chi connectivity index (χ0v) is 12.9. The second-order valence-corrected chi connectivity index (χ2v) is 6.21. The van der Waals surface area contributed by atoms with Crippen LogP contribution in [0.4, 0.5) is 11.5 Å². The number of piperidine rings is 1. The van der Waals surface area contributed by atoms with Crippen molar-refractivity contribution < 1.29 is 9.72 Å². The number of hydrogen-bond acceptors (Lipinski definition) is 6. The average Bonchev–Trinajstić information content (AvgIpc) is 3.09. The Kier molecular flexibility index (Phi) is 4.42. The predicted octanol–water partition coefficient (Wildman–Crippen LogP) is 1.06. The van der Waals surface area contributed by atoms with Crippen LogP contribution in [-0.4, -0.2) is 41.5 Å². The van der Waals surface area contributed by atoms with Crippen LogP contribution in [0.3, 0.4) is 0 Å². The summed E-state index contributed by atoms with van der Waals surface area (Å²) >= 11 is 0.